The molecule has 2 fully saturated rings. The minimum absolute atomic E-state index is 0.251. The molecule has 0 amide bonds. The summed E-state index contributed by atoms with van der Waals surface area (Å²) in [6, 6.07) is 9.40. The second kappa shape index (κ2) is 9.30. The Labute approximate surface area is 176 Å². The van der Waals surface area contributed by atoms with E-state index in [9.17, 15) is 9.90 Å². The quantitative estimate of drug-likeness (QED) is 0.779. The molecule has 2 aliphatic rings. The van der Waals surface area contributed by atoms with E-state index in [-0.39, 0.29) is 11.2 Å². The highest BCUT2D eigenvalue weighted by Crippen LogP contribution is 2.20. The van der Waals surface area contributed by atoms with E-state index in [1.807, 2.05) is 12.1 Å². The number of benzene rings is 1. The topological polar surface area (TPSA) is 60.2 Å². The van der Waals surface area contributed by atoms with Crippen LogP contribution in [0.5, 0.6) is 5.75 Å². The molecule has 1 N–H and O–H groups in total. The molecule has 7 heteroatoms. The molecule has 1 aromatic heterocycles. The monoisotopic (exact) mass is 417 g/mol. The fourth-order valence-corrected chi connectivity index (χ4v) is 4.22. The molecule has 3 heterocycles. The lowest BCUT2D eigenvalue weighted by Crippen LogP contribution is -2.45. The lowest BCUT2D eigenvalue weighted by atomic mass is 10.2. The molecule has 0 saturated carbocycles. The highest BCUT2D eigenvalue weighted by atomic mass is 35.5. The first-order chi connectivity index (χ1) is 14.1. The molecular weight excluding hydrogens is 390 g/mol. The SMILES string of the molecule is O=c1cc(CN2CCCC2)oc(CN2CCN(Cc3ccc(Cl)cc3)CC2)c1O. The molecule has 6 nitrogen and oxygen atoms in total. The Morgan fingerprint density at radius 3 is 2.10 bits per heavy atom. The molecule has 29 heavy (non-hydrogen) atoms. The van der Waals surface area contributed by atoms with Gasteiger partial charge >= 0.3 is 0 Å². The number of hydrogen-bond acceptors (Lipinski definition) is 6. The highest BCUT2D eigenvalue weighted by Gasteiger charge is 2.21. The summed E-state index contributed by atoms with van der Waals surface area (Å²) in [5, 5.41) is 11.0. The molecule has 0 aliphatic carbocycles. The summed E-state index contributed by atoms with van der Waals surface area (Å²) in [6.07, 6.45) is 2.38. The first kappa shape index (κ1) is 20.4. The highest BCUT2D eigenvalue weighted by molar-refractivity contribution is 6.30. The van der Waals surface area contributed by atoms with Gasteiger partial charge in [-0.3, -0.25) is 19.5 Å². The number of hydrogen-bond donors (Lipinski definition) is 1. The summed E-state index contributed by atoms with van der Waals surface area (Å²) in [5.74, 6) is 0.780. The average Bonchev–Trinajstić information content (AvgIpc) is 3.22. The van der Waals surface area contributed by atoms with Crippen LogP contribution in [0.1, 0.15) is 29.9 Å². The molecule has 0 unspecified atom stereocenters. The van der Waals surface area contributed by atoms with Crippen molar-refractivity contribution < 1.29 is 9.52 Å². The second-order valence-electron chi connectivity index (χ2n) is 8.01. The Kier molecular flexibility index (Phi) is 6.55. The smallest absolute Gasteiger partial charge is 0.227 e. The van der Waals surface area contributed by atoms with Crippen molar-refractivity contribution in [3.05, 3.63) is 62.7 Å². The van der Waals surface area contributed by atoms with E-state index in [1.165, 1.54) is 24.5 Å². The lowest BCUT2D eigenvalue weighted by Gasteiger charge is -2.34. The van der Waals surface area contributed by atoms with Crippen LogP contribution in [0.4, 0.5) is 0 Å². The van der Waals surface area contributed by atoms with Gasteiger partial charge in [-0.2, -0.15) is 0 Å². The van der Waals surface area contributed by atoms with E-state index in [0.29, 0.717) is 24.6 Å². The Morgan fingerprint density at radius 1 is 0.862 bits per heavy atom. The van der Waals surface area contributed by atoms with Crippen LogP contribution in [0.2, 0.25) is 5.02 Å². The first-order valence-corrected chi connectivity index (χ1v) is 10.7. The first-order valence-electron chi connectivity index (χ1n) is 10.3. The summed E-state index contributed by atoms with van der Waals surface area (Å²) in [5.41, 5.74) is 0.905. The van der Waals surface area contributed by atoms with Crippen molar-refractivity contribution in [2.45, 2.75) is 32.5 Å². The Balaban J connectivity index is 1.34. The standard InChI is InChI=1S/C22H28ClN3O3/c23-18-5-3-17(4-6-18)14-25-9-11-26(12-10-25)16-21-22(28)20(27)13-19(29-21)15-24-7-1-2-8-24/h3-6,13,28H,1-2,7-12,14-16H2. The number of nitrogens with zero attached hydrogens (tertiary/aromatic N) is 3. The van der Waals surface area contributed by atoms with Crippen LogP contribution in [-0.4, -0.2) is 59.1 Å². The summed E-state index contributed by atoms with van der Waals surface area (Å²) in [4.78, 5) is 19.1. The maximum absolute atomic E-state index is 12.2. The number of rotatable bonds is 6. The zero-order chi connectivity index (χ0) is 20.2. The summed E-state index contributed by atoms with van der Waals surface area (Å²) >= 11 is 5.96. The van der Waals surface area contributed by atoms with Crippen molar-refractivity contribution in [2.75, 3.05) is 39.3 Å². The maximum Gasteiger partial charge on any atom is 0.227 e. The van der Waals surface area contributed by atoms with E-state index >= 15 is 0 Å². The van der Waals surface area contributed by atoms with Gasteiger partial charge in [0.15, 0.2) is 5.76 Å². The molecular formula is C22H28ClN3O3. The van der Waals surface area contributed by atoms with Gasteiger partial charge in [-0.25, -0.2) is 0 Å². The summed E-state index contributed by atoms with van der Waals surface area (Å²) in [6.45, 7) is 7.67. The molecule has 0 atom stereocenters. The van der Waals surface area contributed by atoms with Crippen LogP contribution in [0.15, 0.2) is 39.5 Å². The van der Waals surface area contributed by atoms with Crippen LogP contribution < -0.4 is 5.43 Å². The van der Waals surface area contributed by atoms with Crippen LogP contribution >= 0.6 is 11.6 Å². The fraction of sp³-hybridized carbons (Fsp3) is 0.500. The van der Waals surface area contributed by atoms with E-state index in [2.05, 4.69) is 26.8 Å². The van der Waals surface area contributed by atoms with Crippen molar-refractivity contribution in [1.82, 2.24) is 14.7 Å². The fourth-order valence-electron chi connectivity index (χ4n) is 4.09. The predicted molar refractivity (Wildman–Crippen MR) is 113 cm³/mol. The summed E-state index contributed by atoms with van der Waals surface area (Å²) < 4.78 is 5.93. The van der Waals surface area contributed by atoms with Gasteiger partial charge in [0.25, 0.3) is 0 Å². The van der Waals surface area contributed by atoms with Gasteiger partial charge in [0.1, 0.15) is 5.76 Å². The van der Waals surface area contributed by atoms with Crippen molar-refractivity contribution in [1.29, 1.82) is 0 Å². The van der Waals surface area contributed by atoms with Gasteiger partial charge in [-0.1, -0.05) is 23.7 Å². The minimum Gasteiger partial charge on any atom is -0.502 e. The van der Waals surface area contributed by atoms with E-state index < -0.39 is 0 Å². The van der Waals surface area contributed by atoms with E-state index in [0.717, 1.165) is 50.8 Å². The Morgan fingerprint density at radius 2 is 1.45 bits per heavy atom. The largest absolute Gasteiger partial charge is 0.502 e. The van der Waals surface area contributed by atoms with Crippen molar-refractivity contribution in [2.24, 2.45) is 0 Å². The van der Waals surface area contributed by atoms with Gasteiger partial charge in [0.2, 0.25) is 11.2 Å². The Bertz CT molecular complexity index is 870. The maximum atomic E-state index is 12.2. The van der Waals surface area contributed by atoms with Gasteiger partial charge < -0.3 is 9.52 Å². The molecule has 0 radical (unpaired) electrons. The van der Waals surface area contributed by atoms with Crippen LogP contribution in [0, 0.1) is 0 Å². The van der Waals surface area contributed by atoms with Gasteiger partial charge in [0.05, 0.1) is 13.1 Å². The molecule has 1 aromatic carbocycles. The van der Waals surface area contributed by atoms with Crippen LogP contribution in [0.25, 0.3) is 0 Å². The zero-order valence-corrected chi connectivity index (χ0v) is 17.4. The van der Waals surface area contributed by atoms with E-state index in [4.69, 9.17) is 16.0 Å². The number of likely N-dealkylation sites (tertiary alicyclic amines) is 1. The normalized spacial score (nSPS) is 19.1. The predicted octanol–water partition coefficient (Wildman–Crippen LogP) is 2.91. The van der Waals surface area contributed by atoms with Crippen LogP contribution in [0.3, 0.4) is 0 Å². The number of piperazine rings is 1. The lowest BCUT2D eigenvalue weighted by molar-refractivity contribution is 0.113. The van der Waals surface area contributed by atoms with Gasteiger partial charge in [-0.15, -0.1) is 0 Å². The average molecular weight is 418 g/mol. The van der Waals surface area contributed by atoms with Crippen molar-refractivity contribution in [3.8, 4) is 5.75 Å². The molecule has 0 bridgehead atoms. The Hall–Kier alpha value is -1.86. The van der Waals surface area contributed by atoms with Crippen molar-refractivity contribution in [3.63, 3.8) is 0 Å². The molecule has 156 valence electrons. The summed E-state index contributed by atoms with van der Waals surface area (Å²) in [7, 11) is 0. The molecule has 0 spiro atoms. The van der Waals surface area contributed by atoms with Crippen molar-refractivity contribution >= 4 is 11.6 Å². The molecule has 2 saturated heterocycles. The van der Waals surface area contributed by atoms with Gasteiger partial charge in [0, 0.05) is 43.8 Å². The minimum atomic E-state index is -0.346. The number of halogens is 1. The second-order valence-corrected chi connectivity index (χ2v) is 8.45. The van der Waals surface area contributed by atoms with Gasteiger partial charge in [-0.05, 0) is 43.6 Å². The van der Waals surface area contributed by atoms with E-state index in [1.54, 1.807) is 0 Å². The van der Waals surface area contributed by atoms with Crippen LogP contribution in [-0.2, 0) is 19.6 Å². The third kappa shape index (κ3) is 5.39. The number of aromatic hydroxyl groups is 1. The molecule has 4 rings (SSSR count). The third-order valence-electron chi connectivity index (χ3n) is 5.77. The third-order valence-corrected chi connectivity index (χ3v) is 6.03. The zero-order valence-electron chi connectivity index (χ0n) is 16.6. The molecule has 2 aliphatic heterocycles. The molecule has 2 aromatic rings.